The van der Waals surface area contributed by atoms with E-state index in [0.29, 0.717) is 5.92 Å². The van der Waals surface area contributed by atoms with Crippen molar-refractivity contribution < 1.29 is 0 Å². The Morgan fingerprint density at radius 2 is 1.73 bits per heavy atom. The predicted molar refractivity (Wildman–Crippen MR) is 114 cm³/mol. The van der Waals surface area contributed by atoms with Crippen LogP contribution in [0.1, 0.15) is 80.0 Å². The number of hydrogen-bond donors (Lipinski definition) is 1. The molecule has 0 fully saturated rings. The van der Waals surface area contributed by atoms with Gasteiger partial charge in [0.25, 0.3) is 0 Å². The molecule has 4 heteroatoms. The minimum atomic E-state index is -0.00982. The SMILES string of the molecule is CCCc1c(C(C)(C)C)cc(N=C2N=C(C(C)C)C=C2C(C)(C)C)n1N. The first-order valence-electron chi connectivity index (χ1n) is 9.76. The van der Waals surface area contributed by atoms with Crippen LogP contribution in [0.15, 0.2) is 27.7 Å². The normalized spacial score (nSPS) is 17.2. The number of aromatic nitrogens is 1. The zero-order valence-electron chi connectivity index (χ0n) is 18.1. The summed E-state index contributed by atoms with van der Waals surface area (Å²) in [7, 11) is 0. The fraction of sp³-hybridized carbons (Fsp3) is 0.636. The van der Waals surface area contributed by atoms with Gasteiger partial charge in [-0.1, -0.05) is 68.7 Å². The van der Waals surface area contributed by atoms with E-state index in [4.69, 9.17) is 15.8 Å². The quantitative estimate of drug-likeness (QED) is 0.705. The largest absolute Gasteiger partial charge is 0.337 e. The molecule has 26 heavy (non-hydrogen) atoms. The Bertz CT molecular complexity index is 759. The van der Waals surface area contributed by atoms with Crippen molar-refractivity contribution in [3.8, 4) is 0 Å². The van der Waals surface area contributed by atoms with Crippen LogP contribution in [0.5, 0.6) is 0 Å². The topological polar surface area (TPSA) is 55.7 Å². The van der Waals surface area contributed by atoms with E-state index >= 15 is 0 Å². The summed E-state index contributed by atoms with van der Waals surface area (Å²) in [6.45, 7) is 19.8. The zero-order valence-corrected chi connectivity index (χ0v) is 18.1. The van der Waals surface area contributed by atoms with Crippen molar-refractivity contribution in [1.29, 1.82) is 0 Å². The fourth-order valence-electron chi connectivity index (χ4n) is 3.25. The van der Waals surface area contributed by atoms with Crippen LogP contribution in [0.2, 0.25) is 0 Å². The summed E-state index contributed by atoms with van der Waals surface area (Å²) < 4.78 is 1.76. The lowest BCUT2D eigenvalue weighted by atomic mass is 9.85. The number of hydrogen-bond acceptors (Lipinski definition) is 2. The van der Waals surface area contributed by atoms with Crippen LogP contribution in [-0.2, 0) is 11.8 Å². The highest BCUT2D eigenvalue weighted by atomic mass is 15.3. The molecule has 2 N–H and O–H groups in total. The number of amidine groups is 1. The second-order valence-corrected chi connectivity index (χ2v) is 9.67. The monoisotopic (exact) mass is 356 g/mol. The van der Waals surface area contributed by atoms with Gasteiger partial charge in [0.15, 0.2) is 11.7 Å². The molecule has 0 aliphatic carbocycles. The summed E-state index contributed by atoms with van der Waals surface area (Å²) in [6.07, 6.45) is 4.21. The predicted octanol–water partition coefficient (Wildman–Crippen LogP) is 5.57. The van der Waals surface area contributed by atoms with E-state index in [1.54, 1.807) is 4.68 Å². The van der Waals surface area contributed by atoms with Gasteiger partial charge in [0.2, 0.25) is 0 Å². The highest BCUT2D eigenvalue weighted by Gasteiger charge is 2.29. The van der Waals surface area contributed by atoms with Gasteiger partial charge < -0.3 is 5.84 Å². The lowest BCUT2D eigenvalue weighted by Crippen LogP contribution is -2.18. The molecule has 0 saturated carbocycles. The van der Waals surface area contributed by atoms with E-state index < -0.39 is 0 Å². The Morgan fingerprint density at radius 3 is 2.19 bits per heavy atom. The molecule has 0 bridgehead atoms. The molecule has 2 heterocycles. The molecule has 1 aromatic rings. The van der Waals surface area contributed by atoms with Crippen molar-refractivity contribution in [2.24, 2.45) is 21.3 Å². The van der Waals surface area contributed by atoms with Gasteiger partial charge in [0.05, 0.1) is 0 Å². The minimum absolute atomic E-state index is 0.00982. The third kappa shape index (κ3) is 4.11. The number of nitrogen functional groups attached to an aromatic ring is 1. The molecule has 1 aliphatic heterocycles. The van der Waals surface area contributed by atoms with Crippen LogP contribution in [0.4, 0.5) is 5.82 Å². The number of nitrogens with two attached hydrogens (primary N) is 1. The standard InChI is InChI=1S/C22H36N4/c1-10-11-18-15(21(4,5)6)13-19(26(18)23)25-20-16(22(7,8)9)12-17(24-20)14(2)3/h12-14H,10-11,23H2,1-9H3. The molecule has 144 valence electrons. The summed E-state index contributed by atoms with van der Waals surface area (Å²) in [5, 5.41) is 0. The third-order valence-corrected chi connectivity index (χ3v) is 4.80. The van der Waals surface area contributed by atoms with E-state index in [0.717, 1.165) is 30.2 Å². The van der Waals surface area contributed by atoms with Gasteiger partial charge in [-0.15, -0.1) is 0 Å². The van der Waals surface area contributed by atoms with Crippen molar-refractivity contribution in [2.45, 2.75) is 80.6 Å². The van der Waals surface area contributed by atoms with Gasteiger partial charge in [-0.3, -0.25) is 0 Å². The molecule has 1 aromatic heterocycles. The van der Waals surface area contributed by atoms with Crippen LogP contribution in [0.3, 0.4) is 0 Å². The number of aliphatic imine (C=N–C) groups is 2. The zero-order chi connectivity index (χ0) is 19.9. The van der Waals surface area contributed by atoms with Gasteiger partial charge in [-0.25, -0.2) is 14.7 Å². The Morgan fingerprint density at radius 1 is 1.12 bits per heavy atom. The molecule has 0 atom stereocenters. The highest BCUT2D eigenvalue weighted by molar-refractivity contribution is 6.19. The van der Waals surface area contributed by atoms with Crippen molar-refractivity contribution in [3.05, 3.63) is 29.0 Å². The van der Waals surface area contributed by atoms with Crippen LogP contribution in [0.25, 0.3) is 0 Å². The minimum Gasteiger partial charge on any atom is -0.337 e. The number of rotatable bonds is 4. The maximum absolute atomic E-state index is 6.46. The van der Waals surface area contributed by atoms with Crippen molar-refractivity contribution in [2.75, 3.05) is 5.84 Å². The Labute approximate surface area is 159 Å². The van der Waals surface area contributed by atoms with Gasteiger partial charge in [-0.2, -0.15) is 0 Å². The van der Waals surface area contributed by atoms with Gasteiger partial charge in [0.1, 0.15) is 0 Å². The van der Waals surface area contributed by atoms with E-state index in [1.807, 2.05) is 0 Å². The Balaban J connectivity index is 2.60. The maximum Gasteiger partial charge on any atom is 0.158 e. The van der Waals surface area contributed by atoms with E-state index in [2.05, 4.69) is 74.5 Å². The molecule has 2 rings (SSSR count). The Hall–Kier alpha value is -1.84. The molecule has 0 spiro atoms. The lowest BCUT2D eigenvalue weighted by molar-refractivity contribution is 0.525. The van der Waals surface area contributed by atoms with Crippen molar-refractivity contribution in [1.82, 2.24) is 4.68 Å². The molecule has 0 amide bonds. The average molecular weight is 357 g/mol. The number of allylic oxidation sites excluding steroid dienone is 1. The first-order valence-corrected chi connectivity index (χ1v) is 9.76. The Kier molecular flexibility index (Phi) is 5.55. The summed E-state index contributed by atoms with van der Waals surface area (Å²) in [4.78, 5) is 9.74. The molecule has 4 nitrogen and oxygen atoms in total. The lowest BCUT2D eigenvalue weighted by Gasteiger charge is -2.20. The average Bonchev–Trinajstić information content (AvgIpc) is 3.03. The number of nitrogens with zero attached hydrogens (tertiary/aromatic N) is 3. The molecule has 0 radical (unpaired) electrons. The van der Waals surface area contributed by atoms with Gasteiger partial charge >= 0.3 is 0 Å². The third-order valence-electron chi connectivity index (χ3n) is 4.80. The van der Waals surface area contributed by atoms with Crippen molar-refractivity contribution >= 4 is 17.4 Å². The maximum atomic E-state index is 6.46. The first-order chi connectivity index (χ1) is 11.9. The molecule has 1 aliphatic rings. The second kappa shape index (κ2) is 7.05. The summed E-state index contributed by atoms with van der Waals surface area (Å²) in [5.41, 5.74) is 4.74. The van der Waals surface area contributed by atoms with Crippen LogP contribution in [0, 0.1) is 11.3 Å². The van der Waals surface area contributed by atoms with Crippen LogP contribution >= 0.6 is 0 Å². The second-order valence-electron chi connectivity index (χ2n) is 9.67. The van der Waals surface area contributed by atoms with Gasteiger partial charge in [0, 0.05) is 17.0 Å². The molecule has 0 aromatic carbocycles. The fourth-order valence-corrected chi connectivity index (χ4v) is 3.25. The smallest absolute Gasteiger partial charge is 0.158 e. The van der Waals surface area contributed by atoms with Crippen molar-refractivity contribution in [3.63, 3.8) is 0 Å². The highest BCUT2D eigenvalue weighted by Crippen LogP contribution is 2.35. The van der Waals surface area contributed by atoms with E-state index in [-0.39, 0.29) is 10.8 Å². The summed E-state index contributed by atoms with van der Waals surface area (Å²) in [5.74, 6) is 8.42. The molecular formula is C22H36N4. The van der Waals surface area contributed by atoms with Crippen LogP contribution in [-0.4, -0.2) is 16.2 Å². The molecule has 0 unspecified atom stereocenters. The molecular weight excluding hydrogens is 320 g/mol. The first kappa shape index (κ1) is 20.5. The molecule has 0 saturated heterocycles. The summed E-state index contributed by atoms with van der Waals surface area (Å²) in [6, 6.07) is 2.14. The van der Waals surface area contributed by atoms with E-state index in [9.17, 15) is 0 Å². The summed E-state index contributed by atoms with van der Waals surface area (Å²) >= 11 is 0. The van der Waals surface area contributed by atoms with E-state index in [1.165, 1.54) is 16.8 Å². The van der Waals surface area contributed by atoms with Crippen LogP contribution < -0.4 is 5.84 Å². The van der Waals surface area contributed by atoms with Gasteiger partial charge in [-0.05, 0) is 40.9 Å².